The molecule has 0 saturated heterocycles. The number of fused-ring (bicyclic) bond motifs is 2. The number of Topliss-reactive ketones (excluding diaryl/α,β-unsaturated/α-hetero) is 2. The van der Waals surface area contributed by atoms with Gasteiger partial charge in [-0.3, -0.25) is 9.59 Å². The molecular formula is C19H12O3. The standard InChI is InChI=1S/C19H12O3/c20-17(14-10-5-7-12-6-1-2-8-13(12)14)19-18(21)15-9-3-4-11-16(15)22-19/h1-11,19H. The largest absolute Gasteiger partial charge is 0.473 e. The van der Waals surface area contributed by atoms with Crippen molar-refractivity contribution in [1.29, 1.82) is 0 Å². The molecule has 0 aromatic heterocycles. The van der Waals surface area contributed by atoms with Gasteiger partial charge in [0.2, 0.25) is 17.7 Å². The summed E-state index contributed by atoms with van der Waals surface area (Å²) in [5, 5.41) is 1.80. The lowest BCUT2D eigenvalue weighted by molar-refractivity contribution is 0.0721. The number of hydrogen-bond donors (Lipinski definition) is 0. The van der Waals surface area contributed by atoms with Gasteiger partial charge in [0.1, 0.15) is 5.75 Å². The monoisotopic (exact) mass is 288 g/mol. The second-order valence-corrected chi connectivity index (χ2v) is 5.25. The van der Waals surface area contributed by atoms with E-state index >= 15 is 0 Å². The highest BCUT2D eigenvalue weighted by molar-refractivity contribution is 6.24. The summed E-state index contributed by atoms with van der Waals surface area (Å²) in [6.45, 7) is 0. The van der Waals surface area contributed by atoms with Crippen LogP contribution < -0.4 is 4.74 Å². The molecule has 3 heteroatoms. The minimum atomic E-state index is -1.08. The number of para-hydroxylation sites is 1. The molecule has 1 unspecified atom stereocenters. The first kappa shape index (κ1) is 12.8. The summed E-state index contributed by atoms with van der Waals surface area (Å²) in [6.07, 6.45) is -1.08. The van der Waals surface area contributed by atoms with E-state index in [4.69, 9.17) is 4.74 Å². The molecule has 0 bridgehead atoms. The van der Waals surface area contributed by atoms with Crippen molar-refractivity contribution < 1.29 is 14.3 Å². The molecule has 1 heterocycles. The van der Waals surface area contributed by atoms with E-state index in [9.17, 15) is 9.59 Å². The van der Waals surface area contributed by atoms with Crippen molar-refractivity contribution in [1.82, 2.24) is 0 Å². The van der Waals surface area contributed by atoms with Crippen molar-refractivity contribution in [3.05, 3.63) is 77.9 Å². The summed E-state index contributed by atoms with van der Waals surface area (Å²) in [5.74, 6) is -0.0855. The molecule has 1 aliphatic rings. The van der Waals surface area contributed by atoms with Crippen LogP contribution in [0.1, 0.15) is 20.7 Å². The van der Waals surface area contributed by atoms with Crippen LogP contribution in [0.25, 0.3) is 10.8 Å². The van der Waals surface area contributed by atoms with Gasteiger partial charge >= 0.3 is 0 Å². The van der Waals surface area contributed by atoms with Gasteiger partial charge in [0, 0.05) is 5.56 Å². The van der Waals surface area contributed by atoms with Crippen molar-refractivity contribution in [2.75, 3.05) is 0 Å². The number of rotatable bonds is 2. The highest BCUT2D eigenvalue weighted by atomic mass is 16.5. The first-order valence-electron chi connectivity index (χ1n) is 7.07. The van der Waals surface area contributed by atoms with Gasteiger partial charge in [-0.2, -0.15) is 0 Å². The lowest BCUT2D eigenvalue weighted by Gasteiger charge is -2.10. The van der Waals surface area contributed by atoms with Crippen molar-refractivity contribution in [3.63, 3.8) is 0 Å². The Bertz CT molecular complexity index is 906. The quantitative estimate of drug-likeness (QED) is 0.534. The Balaban J connectivity index is 1.78. The van der Waals surface area contributed by atoms with Crippen LogP contribution in [0.5, 0.6) is 5.75 Å². The Morgan fingerprint density at radius 3 is 2.45 bits per heavy atom. The predicted molar refractivity (Wildman–Crippen MR) is 83.5 cm³/mol. The summed E-state index contributed by atoms with van der Waals surface area (Å²) in [7, 11) is 0. The molecule has 0 N–H and O–H groups in total. The average molecular weight is 288 g/mol. The van der Waals surface area contributed by atoms with Crippen LogP contribution in [0.4, 0.5) is 0 Å². The Morgan fingerprint density at radius 1 is 0.864 bits per heavy atom. The van der Waals surface area contributed by atoms with Crippen LogP contribution in [-0.4, -0.2) is 17.7 Å². The first-order valence-corrected chi connectivity index (χ1v) is 7.07. The molecule has 3 nitrogen and oxygen atoms in total. The van der Waals surface area contributed by atoms with Gasteiger partial charge in [0.15, 0.2) is 0 Å². The molecule has 22 heavy (non-hydrogen) atoms. The van der Waals surface area contributed by atoms with E-state index in [-0.39, 0.29) is 11.6 Å². The van der Waals surface area contributed by atoms with Crippen LogP contribution in [-0.2, 0) is 0 Å². The maximum absolute atomic E-state index is 12.8. The number of ketones is 2. The molecule has 1 aliphatic heterocycles. The number of carbonyl (C=O) groups is 2. The fourth-order valence-electron chi connectivity index (χ4n) is 2.85. The van der Waals surface area contributed by atoms with E-state index < -0.39 is 6.10 Å². The molecule has 0 saturated carbocycles. The second-order valence-electron chi connectivity index (χ2n) is 5.25. The van der Waals surface area contributed by atoms with Gasteiger partial charge in [-0.05, 0) is 22.9 Å². The summed E-state index contributed by atoms with van der Waals surface area (Å²) >= 11 is 0. The molecule has 3 aromatic rings. The molecular weight excluding hydrogens is 276 g/mol. The van der Waals surface area contributed by atoms with E-state index in [2.05, 4.69) is 0 Å². The minimum absolute atomic E-state index is 0.270. The van der Waals surface area contributed by atoms with Crippen LogP contribution in [0.15, 0.2) is 66.7 Å². The second kappa shape index (κ2) is 4.81. The zero-order valence-corrected chi connectivity index (χ0v) is 11.7. The lowest BCUT2D eigenvalue weighted by atomic mass is 9.96. The Kier molecular flexibility index (Phi) is 2.79. The maximum atomic E-state index is 12.8. The highest BCUT2D eigenvalue weighted by Crippen LogP contribution is 2.31. The van der Waals surface area contributed by atoms with Gasteiger partial charge < -0.3 is 4.74 Å². The van der Waals surface area contributed by atoms with Crippen LogP contribution >= 0.6 is 0 Å². The third-order valence-corrected chi connectivity index (χ3v) is 3.93. The summed E-state index contributed by atoms with van der Waals surface area (Å²) in [4.78, 5) is 25.2. The van der Waals surface area contributed by atoms with Crippen molar-refractivity contribution in [3.8, 4) is 5.75 Å². The van der Waals surface area contributed by atoms with Crippen molar-refractivity contribution in [2.45, 2.75) is 6.10 Å². The Hall–Kier alpha value is -2.94. The van der Waals surface area contributed by atoms with Crippen molar-refractivity contribution >= 4 is 22.3 Å². The van der Waals surface area contributed by atoms with Gasteiger partial charge in [0.25, 0.3) is 0 Å². The van der Waals surface area contributed by atoms with E-state index in [0.29, 0.717) is 16.9 Å². The zero-order valence-electron chi connectivity index (χ0n) is 11.7. The van der Waals surface area contributed by atoms with Gasteiger partial charge in [-0.25, -0.2) is 0 Å². The van der Waals surface area contributed by atoms with Crippen LogP contribution in [0.2, 0.25) is 0 Å². The maximum Gasteiger partial charge on any atom is 0.224 e. The SMILES string of the molecule is O=C1c2ccccc2OC1C(=O)c1cccc2ccccc12. The predicted octanol–water partition coefficient (Wildman–Crippen LogP) is 3.67. The molecule has 3 aromatic carbocycles. The fraction of sp³-hybridized carbons (Fsp3) is 0.0526. The topological polar surface area (TPSA) is 43.4 Å². The number of carbonyl (C=O) groups excluding carboxylic acids is 2. The number of benzene rings is 3. The lowest BCUT2D eigenvalue weighted by Crippen LogP contribution is -2.31. The molecule has 0 fully saturated rings. The molecule has 106 valence electrons. The first-order chi connectivity index (χ1) is 10.8. The van der Waals surface area contributed by atoms with E-state index in [1.165, 1.54) is 0 Å². The van der Waals surface area contributed by atoms with E-state index in [0.717, 1.165) is 10.8 Å². The normalized spacial score (nSPS) is 16.4. The highest BCUT2D eigenvalue weighted by Gasteiger charge is 2.38. The van der Waals surface area contributed by atoms with Crippen LogP contribution in [0, 0.1) is 0 Å². The average Bonchev–Trinajstić information content (AvgIpc) is 2.91. The minimum Gasteiger partial charge on any atom is -0.473 e. The molecule has 0 radical (unpaired) electrons. The van der Waals surface area contributed by atoms with Gasteiger partial charge in [-0.1, -0.05) is 54.6 Å². The number of hydrogen-bond acceptors (Lipinski definition) is 3. The van der Waals surface area contributed by atoms with Gasteiger partial charge in [-0.15, -0.1) is 0 Å². The molecule has 4 rings (SSSR count). The summed E-state index contributed by atoms with van der Waals surface area (Å²) in [5.41, 5.74) is 0.991. The summed E-state index contributed by atoms with van der Waals surface area (Å²) < 4.78 is 5.59. The fourth-order valence-corrected chi connectivity index (χ4v) is 2.85. The third-order valence-electron chi connectivity index (χ3n) is 3.93. The van der Waals surface area contributed by atoms with E-state index in [1.807, 2.05) is 36.4 Å². The Morgan fingerprint density at radius 2 is 1.59 bits per heavy atom. The molecule has 1 atom stereocenters. The van der Waals surface area contributed by atoms with Crippen LogP contribution in [0.3, 0.4) is 0 Å². The molecule has 0 spiro atoms. The van der Waals surface area contributed by atoms with E-state index in [1.54, 1.807) is 30.3 Å². The molecule has 0 amide bonds. The molecule has 0 aliphatic carbocycles. The smallest absolute Gasteiger partial charge is 0.224 e. The summed E-state index contributed by atoms with van der Waals surface area (Å²) in [6, 6.07) is 20.1. The number of ether oxygens (including phenoxy) is 1. The Labute approximate surface area is 127 Å². The zero-order chi connectivity index (χ0) is 15.1. The van der Waals surface area contributed by atoms with Crippen molar-refractivity contribution in [2.24, 2.45) is 0 Å². The third kappa shape index (κ3) is 1.83. The van der Waals surface area contributed by atoms with Gasteiger partial charge in [0.05, 0.1) is 5.56 Å².